The first-order chi connectivity index (χ1) is 14.0. The molecule has 0 bridgehead atoms. The van der Waals surface area contributed by atoms with Gasteiger partial charge in [-0.25, -0.2) is 0 Å². The number of H-pyrrole nitrogens is 1. The Balaban J connectivity index is 1.75. The van der Waals surface area contributed by atoms with Crippen molar-refractivity contribution in [1.82, 2.24) is 15.3 Å². The summed E-state index contributed by atoms with van der Waals surface area (Å²) >= 11 is 0. The maximum atomic E-state index is 12.5. The lowest BCUT2D eigenvalue weighted by Gasteiger charge is -2.10. The van der Waals surface area contributed by atoms with Crippen LogP contribution in [0.25, 0.3) is 11.1 Å². The molecule has 0 fully saturated rings. The second-order valence-electron chi connectivity index (χ2n) is 6.70. The Hall–Kier alpha value is -3.61. The number of hydrogen-bond acceptors (Lipinski definition) is 5. The van der Waals surface area contributed by atoms with Crippen molar-refractivity contribution >= 4 is 11.6 Å². The fourth-order valence-electron chi connectivity index (χ4n) is 3.16. The number of carbonyl (C=O) groups is 1. The van der Waals surface area contributed by atoms with Gasteiger partial charge in [0.1, 0.15) is 5.69 Å². The number of aromatic amines is 1. The van der Waals surface area contributed by atoms with Crippen LogP contribution in [-0.4, -0.2) is 22.4 Å². The molecule has 0 aliphatic heterocycles. The molecule has 0 unspecified atom stereocenters. The van der Waals surface area contributed by atoms with Crippen molar-refractivity contribution in [2.24, 2.45) is 5.18 Å². The molecule has 0 radical (unpaired) electrons. The summed E-state index contributed by atoms with van der Waals surface area (Å²) in [5.41, 5.74) is 4.50. The number of pyridine rings is 2. The van der Waals surface area contributed by atoms with Gasteiger partial charge in [0.25, 0.3) is 11.5 Å². The molecule has 0 saturated heterocycles. The number of carbonyl (C=O) groups excluding carboxylic acids is 1. The Morgan fingerprint density at radius 1 is 1.17 bits per heavy atom. The fraction of sp³-hybridized carbons (Fsp3) is 0.227. The van der Waals surface area contributed by atoms with E-state index in [1.54, 1.807) is 24.4 Å². The number of aromatic nitrogens is 2. The topological polar surface area (TPSA) is 104 Å². The molecule has 0 aliphatic carbocycles. The number of nitrogens with one attached hydrogen (secondary N) is 2. The molecule has 2 heterocycles. The summed E-state index contributed by atoms with van der Waals surface area (Å²) in [5, 5.41) is 5.85. The van der Waals surface area contributed by atoms with Gasteiger partial charge < -0.3 is 10.3 Å². The van der Waals surface area contributed by atoms with E-state index in [1.807, 2.05) is 32.0 Å². The van der Waals surface area contributed by atoms with Gasteiger partial charge in [0.15, 0.2) is 0 Å². The van der Waals surface area contributed by atoms with Gasteiger partial charge in [-0.15, -0.1) is 4.91 Å². The van der Waals surface area contributed by atoms with E-state index in [9.17, 15) is 14.5 Å². The maximum absolute atomic E-state index is 12.5. The van der Waals surface area contributed by atoms with Gasteiger partial charge in [-0.3, -0.25) is 14.6 Å². The molecule has 2 aromatic heterocycles. The quantitative estimate of drug-likeness (QED) is 0.601. The molecule has 1 aromatic carbocycles. The van der Waals surface area contributed by atoms with Gasteiger partial charge in [0.05, 0.1) is 5.56 Å². The van der Waals surface area contributed by atoms with E-state index in [0.29, 0.717) is 36.2 Å². The SMILES string of the molecule is CCc1cc(-c2cncc(C(=O)NCCc3ccccc3N=O)c2)c(C)[nH]c1=O. The van der Waals surface area contributed by atoms with Crippen LogP contribution in [0.2, 0.25) is 0 Å². The van der Waals surface area contributed by atoms with Crippen molar-refractivity contribution < 1.29 is 4.79 Å². The molecular formula is C22H22N4O3. The number of rotatable bonds is 7. The zero-order chi connectivity index (χ0) is 20.8. The van der Waals surface area contributed by atoms with Crippen LogP contribution in [0.3, 0.4) is 0 Å². The molecule has 1 amide bonds. The van der Waals surface area contributed by atoms with E-state index >= 15 is 0 Å². The van der Waals surface area contributed by atoms with E-state index in [2.05, 4.69) is 20.5 Å². The van der Waals surface area contributed by atoms with Crippen molar-refractivity contribution in [1.29, 1.82) is 0 Å². The third-order valence-corrected chi connectivity index (χ3v) is 4.78. The number of hydrogen-bond donors (Lipinski definition) is 2. The lowest BCUT2D eigenvalue weighted by Crippen LogP contribution is -2.25. The van der Waals surface area contributed by atoms with Crippen molar-refractivity contribution in [3.8, 4) is 11.1 Å². The van der Waals surface area contributed by atoms with Crippen molar-refractivity contribution in [2.75, 3.05) is 6.54 Å². The third kappa shape index (κ3) is 4.63. The number of nitrogens with zero attached hydrogens (tertiary/aromatic N) is 2. The highest BCUT2D eigenvalue weighted by atomic mass is 16.3. The second-order valence-corrected chi connectivity index (χ2v) is 6.70. The van der Waals surface area contributed by atoms with Crippen molar-refractivity contribution in [3.63, 3.8) is 0 Å². The smallest absolute Gasteiger partial charge is 0.252 e. The second kappa shape index (κ2) is 9.05. The molecule has 7 nitrogen and oxygen atoms in total. The Bertz CT molecular complexity index is 1110. The average molecular weight is 390 g/mol. The molecule has 3 aromatic rings. The Morgan fingerprint density at radius 3 is 2.72 bits per heavy atom. The molecule has 148 valence electrons. The van der Waals surface area contributed by atoms with Crippen LogP contribution in [0.15, 0.2) is 58.8 Å². The summed E-state index contributed by atoms with van der Waals surface area (Å²) in [6.45, 7) is 4.11. The van der Waals surface area contributed by atoms with E-state index < -0.39 is 0 Å². The largest absolute Gasteiger partial charge is 0.352 e. The minimum atomic E-state index is -0.256. The van der Waals surface area contributed by atoms with Gasteiger partial charge in [-0.2, -0.15) is 0 Å². The monoisotopic (exact) mass is 390 g/mol. The Labute approximate surface area is 168 Å². The number of aryl methyl sites for hydroxylation is 2. The van der Waals surface area contributed by atoms with E-state index in [0.717, 1.165) is 22.4 Å². The maximum Gasteiger partial charge on any atom is 0.252 e. The molecule has 0 aliphatic rings. The summed E-state index contributed by atoms with van der Waals surface area (Å²) in [7, 11) is 0. The van der Waals surface area contributed by atoms with Crippen LogP contribution < -0.4 is 10.9 Å². The minimum Gasteiger partial charge on any atom is -0.352 e. The number of nitroso groups, excluding NO2 is 1. The molecule has 0 spiro atoms. The number of benzene rings is 1. The predicted molar refractivity (Wildman–Crippen MR) is 112 cm³/mol. The zero-order valence-corrected chi connectivity index (χ0v) is 16.4. The van der Waals surface area contributed by atoms with Gasteiger partial charge >= 0.3 is 0 Å². The molecule has 0 atom stereocenters. The molecule has 3 rings (SSSR count). The standard InChI is InChI=1S/C22H22N4O3/c1-3-15-11-19(14(2)25-22(15)28)17-10-18(13-23-12-17)21(27)24-9-8-16-6-4-5-7-20(16)26-29/h4-7,10-13H,3,8-9H2,1-2H3,(H,24,27)(H,25,28). The molecule has 0 saturated carbocycles. The minimum absolute atomic E-state index is 0.0966. The van der Waals surface area contributed by atoms with Crippen LogP contribution in [0.5, 0.6) is 0 Å². The molecular weight excluding hydrogens is 368 g/mol. The average Bonchev–Trinajstić information content (AvgIpc) is 2.74. The van der Waals surface area contributed by atoms with Crippen molar-refractivity contribution in [3.05, 3.63) is 86.4 Å². The summed E-state index contributed by atoms with van der Waals surface area (Å²) in [6.07, 6.45) is 4.29. The fourth-order valence-corrected chi connectivity index (χ4v) is 3.16. The Kier molecular flexibility index (Phi) is 6.29. The van der Waals surface area contributed by atoms with Crippen LogP contribution >= 0.6 is 0 Å². The summed E-state index contributed by atoms with van der Waals surface area (Å²) < 4.78 is 0. The first-order valence-corrected chi connectivity index (χ1v) is 9.41. The first-order valence-electron chi connectivity index (χ1n) is 9.41. The lowest BCUT2D eigenvalue weighted by atomic mass is 10.0. The highest BCUT2D eigenvalue weighted by Gasteiger charge is 2.11. The van der Waals surface area contributed by atoms with Crippen molar-refractivity contribution in [2.45, 2.75) is 26.7 Å². The summed E-state index contributed by atoms with van der Waals surface area (Å²) in [6, 6.07) is 10.6. The van der Waals surface area contributed by atoms with Crippen LogP contribution in [0.4, 0.5) is 5.69 Å². The van der Waals surface area contributed by atoms with E-state index in [-0.39, 0.29) is 11.5 Å². The van der Waals surface area contributed by atoms with Crippen LogP contribution in [-0.2, 0) is 12.8 Å². The third-order valence-electron chi connectivity index (χ3n) is 4.78. The van der Waals surface area contributed by atoms with E-state index in [1.165, 1.54) is 6.20 Å². The van der Waals surface area contributed by atoms with Gasteiger partial charge in [0, 0.05) is 41.3 Å². The van der Waals surface area contributed by atoms with Crippen LogP contribution in [0, 0.1) is 11.8 Å². The summed E-state index contributed by atoms with van der Waals surface area (Å²) in [5.74, 6) is -0.256. The Morgan fingerprint density at radius 2 is 1.97 bits per heavy atom. The van der Waals surface area contributed by atoms with Crippen LogP contribution in [0.1, 0.15) is 34.1 Å². The lowest BCUT2D eigenvalue weighted by molar-refractivity contribution is 0.0954. The highest BCUT2D eigenvalue weighted by Crippen LogP contribution is 2.22. The van der Waals surface area contributed by atoms with Gasteiger partial charge in [-0.1, -0.05) is 25.1 Å². The predicted octanol–water partition coefficient (Wildman–Crippen LogP) is 3.68. The molecule has 2 N–H and O–H groups in total. The van der Waals surface area contributed by atoms with Gasteiger partial charge in [-0.05, 0) is 48.7 Å². The zero-order valence-electron chi connectivity index (χ0n) is 16.4. The summed E-state index contributed by atoms with van der Waals surface area (Å²) in [4.78, 5) is 42.4. The van der Waals surface area contributed by atoms with E-state index in [4.69, 9.17) is 0 Å². The number of amides is 1. The van der Waals surface area contributed by atoms with Gasteiger partial charge in [0.2, 0.25) is 0 Å². The first kappa shape index (κ1) is 20.1. The molecule has 7 heteroatoms. The highest BCUT2D eigenvalue weighted by molar-refractivity contribution is 5.95. The molecule has 29 heavy (non-hydrogen) atoms. The normalized spacial score (nSPS) is 10.6.